The van der Waals surface area contributed by atoms with Crippen molar-refractivity contribution >= 4 is 11.6 Å². The zero-order valence-electron chi connectivity index (χ0n) is 17.6. The fraction of sp³-hybridized carbons (Fsp3) is 0.435. The monoisotopic (exact) mass is 427 g/mol. The molecule has 0 aliphatic carbocycles. The Hall–Kier alpha value is -2.31. The number of rotatable bonds is 5. The van der Waals surface area contributed by atoms with Gasteiger partial charge in [-0.1, -0.05) is 17.7 Å². The highest BCUT2D eigenvalue weighted by Gasteiger charge is 2.23. The van der Waals surface area contributed by atoms with E-state index >= 15 is 0 Å². The Labute approximate surface area is 181 Å². The van der Waals surface area contributed by atoms with Crippen LogP contribution >= 0.6 is 11.6 Å². The summed E-state index contributed by atoms with van der Waals surface area (Å²) < 4.78 is 15.0. The Morgan fingerprint density at radius 3 is 2.77 bits per heavy atom. The highest BCUT2D eigenvalue weighted by Crippen LogP contribution is 2.32. The molecule has 30 heavy (non-hydrogen) atoms. The first-order chi connectivity index (χ1) is 14.4. The molecule has 0 bridgehead atoms. The summed E-state index contributed by atoms with van der Waals surface area (Å²) in [7, 11) is 0. The Balaban J connectivity index is 1.55. The number of aromatic amines is 1. The van der Waals surface area contributed by atoms with Gasteiger partial charge in [-0.3, -0.25) is 5.10 Å². The SMILES string of the molecule is Cc1cc(Cc2nc(Cc3cc(C)c([C@H]4CCN[C@@H](C)C4)cc3F)ncc2Cl)n[nH]1. The van der Waals surface area contributed by atoms with E-state index in [1.807, 2.05) is 19.1 Å². The average Bonchev–Trinajstić information content (AvgIpc) is 3.11. The second-order valence-corrected chi connectivity index (χ2v) is 8.76. The van der Waals surface area contributed by atoms with Gasteiger partial charge in [-0.2, -0.15) is 5.10 Å². The predicted molar refractivity (Wildman–Crippen MR) is 117 cm³/mol. The molecule has 1 saturated heterocycles. The van der Waals surface area contributed by atoms with E-state index in [4.69, 9.17) is 11.6 Å². The smallest absolute Gasteiger partial charge is 0.133 e. The fourth-order valence-corrected chi connectivity index (χ4v) is 4.46. The van der Waals surface area contributed by atoms with Gasteiger partial charge in [0.1, 0.15) is 11.6 Å². The van der Waals surface area contributed by atoms with E-state index in [2.05, 4.69) is 39.3 Å². The number of H-pyrrole nitrogens is 1. The molecule has 5 nitrogen and oxygen atoms in total. The van der Waals surface area contributed by atoms with Crippen LogP contribution in [0.4, 0.5) is 4.39 Å². The van der Waals surface area contributed by atoms with Gasteiger partial charge in [0.05, 0.1) is 16.4 Å². The number of hydrogen-bond acceptors (Lipinski definition) is 4. The van der Waals surface area contributed by atoms with Crippen LogP contribution in [0.3, 0.4) is 0 Å². The minimum absolute atomic E-state index is 0.190. The highest BCUT2D eigenvalue weighted by atomic mass is 35.5. The van der Waals surface area contributed by atoms with Crippen LogP contribution in [0.25, 0.3) is 0 Å². The van der Waals surface area contributed by atoms with Gasteiger partial charge >= 0.3 is 0 Å². The van der Waals surface area contributed by atoms with Crippen molar-refractivity contribution in [2.24, 2.45) is 0 Å². The minimum atomic E-state index is -0.190. The largest absolute Gasteiger partial charge is 0.314 e. The van der Waals surface area contributed by atoms with Crippen molar-refractivity contribution < 1.29 is 4.39 Å². The van der Waals surface area contributed by atoms with E-state index in [0.717, 1.165) is 41.9 Å². The molecule has 0 saturated carbocycles. The third-order valence-corrected chi connectivity index (χ3v) is 6.14. The number of piperidine rings is 1. The summed E-state index contributed by atoms with van der Waals surface area (Å²) in [5.41, 5.74) is 5.41. The fourth-order valence-electron chi connectivity index (χ4n) is 4.31. The number of hydrogen-bond donors (Lipinski definition) is 2. The number of halogens is 2. The Kier molecular flexibility index (Phi) is 6.16. The molecule has 158 valence electrons. The van der Waals surface area contributed by atoms with Crippen molar-refractivity contribution in [1.82, 2.24) is 25.5 Å². The first-order valence-corrected chi connectivity index (χ1v) is 10.8. The van der Waals surface area contributed by atoms with Gasteiger partial charge in [-0.05, 0) is 74.9 Å². The van der Waals surface area contributed by atoms with Crippen LogP contribution in [-0.4, -0.2) is 32.8 Å². The van der Waals surface area contributed by atoms with Crippen LogP contribution in [-0.2, 0) is 12.8 Å². The molecule has 0 unspecified atom stereocenters. The molecule has 0 radical (unpaired) electrons. The van der Waals surface area contributed by atoms with Crippen LogP contribution < -0.4 is 5.32 Å². The molecule has 1 aromatic carbocycles. The molecule has 2 aromatic heterocycles. The van der Waals surface area contributed by atoms with Gasteiger partial charge in [-0.15, -0.1) is 0 Å². The molecular formula is C23H27ClFN5. The van der Waals surface area contributed by atoms with Crippen LogP contribution in [0, 0.1) is 19.7 Å². The van der Waals surface area contributed by atoms with E-state index in [9.17, 15) is 4.39 Å². The van der Waals surface area contributed by atoms with Crippen molar-refractivity contribution in [3.05, 3.63) is 74.8 Å². The van der Waals surface area contributed by atoms with Gasteiger partial charge in [0, 0.05) is 30.8 Å². The van der Waals surface area contributed by atoms with Gasteiger partial charge in [0.2, 0.25) is 0 Å². The zero-order valence-corrected chi connectivity index (χ0v) is 18.4. The Bertz CT molecular complexity index is 1050. The van der Waals surface area contributed by atoms with E-state index < -0.39 is 0 Å². The molecule has 0 spiro atoms. The third kappa shape index (κ3) is 4.71. The van der Waals surface area contributed by atoms with Gasteiger partial charge in [0.25, 0.3) is 0 Å². The second-order valence-electron chi connectivity index (χ2n) is 8.35. The quantitative estimate of drug-likeness (QED) is 0.622. The first kappa shape index (κ1) is 20.9. The molecule has 0 amide bonds. The van der Waals surface area contributed by atoms with Crippen molar-refractivity contribution in [3.8, 4) is 0 Å². The van der Waals surface area contributed by atoms with Crippen molar-refractivity contribution in [2.45, 2.75) is 58.4 Å². The number of nitrogens with one attached hydrogen (secondary N) is 2. The molecule has 1 aliphatic heterocycles. The Morgan fingerprint density at radius 2 is 2.03 bits per heavy atom. The van der Waals surface area contributed by atoms with E-state index in [0.29, 0.717) is 46.9 Å². The summed E-state index contributed by atoms with van der Waals surface area (Å²) in [6, 6.07) is 6.09. The zero-order chi connectivity index (χ0) is 21.3. The van der Waals surface area contributed by atoms with E-state index in [-0.39, 0.29) is 5.82 Å². The van der Waals surface area contributed by atoms with Crippen LogP contribution in [0.2, 0.25) is 5.02 Å². The molecular weight excluding hydrogens is 401 g/mol. The lowest BCUT2D eigenvalue weighted by atomic mass is 9.84. The van der Waals surface area contributed by atoms with Gasteiger partial charge in [0.15, 0.2) is 0 Å². The average molecular weight is 428 g/mol. The molecule has 4 rings (SSSR count). The third-order valence-electron chi connectivity index (χ3n) is 5.82. The summed E-state index contributed by atoms with van der Waals surface area (Å²) in [5.74, 6) is 0.772. The van der Waals surface area contributed by atoms with Crippen LogP contribution in [0.1, 0.15) is 65.3 Å². The summed E-state index contributed by atoms with van der Waals surface area (Å²) in [5, 5.41) is 11.1. The lowest BCUT2D eigenvalue weighted by Crippen LogP contribution is -2.35. The van der Waals surface area contributed by atoms with Crippen molar-refractivity contribution in [3.63, 3.8) is 0 Å². The van der Waals surface area contributed by atoms with Crippen LogP contribution in [0.5, 0.6) is 0 Å². The number of benzene rings is 1. The maximum Gasteiger partial charge on any atom is 0.133 e. The summed E-state index contributed by atoms with van der Waals surface area (Å²) in [4.78, 5) is 8.92. The topological polar surface area (TPSA) is 66.5 Å². The van der Waals surface area contributed by atoms with E-state index in [1.165, 1.54) is 0 Å². The van der Waals surface area contributed by atoms with Crippen LogP contribution in [0.15, 0.2) is 24.4 Å². The molecule has 7 heteroatoms. The van der Waals surface area contributed by atoms with Crippen molar-refractivity contribution in [1.29, 1.82) is 0 Å². The first-order valence-electron chi connectivity index (χ1n) is 10.4. The highest BCUT2D eigenvalue weighted by molar-refractivity contribution is 6.31. The molecule has 3 aromatic rings. The molecule has 1 aliphatic rings. The molecule has 2 N–H and O–H groups in total. The lowest BCUT2D eigenvalue weighted by Gasteiger charge is -2.29. The molecule has 2 atom stereocenters. The summed E-state index contributed by atoms with van der Waals surface area (Å²) >= 11 is 6.29. The maximum atomic E-state index is 15.0. The number of nitrogens with zero attached hydrogens (tertiary/aromatic N) is 3. The lowest BCUT2D eigenvalue weighted by molar-refractivity contribution is 0.379. The summed E-state index contributed by atoms with van der Waals surface area (Å²) in [6.07, 6.45) is 4.51. The maximum absolute atomic E-state index is 15.0. The number of aryl methyl sites for hydroxylation is 2. The number of aromatic nitrogens is 4. The minimum Gasteiger partial charge on any atom is -0.314 e. The van der Waals surface area contributed by atoms with Crippen molar-refractivity contribution in [2.75, 3.05) is 6.54 Å². The van der Waals surface area contributed by atoms with E-state index in [1.54, 1.807) is 12.3 Å². The normalized spacial score (nSPS) is 19.2. The standard InChI is InChI=1S/C23H27ClFN5/c1-13-6-17(21(25)11-19(13)16-4-5-26-14(2)7-16)9-23-27-12-20(24)22(28-23)10-18-8-15(3)29-30-18/h6,8,11-12,14,16,26H,4-5,7,9-10H2,1-3H3,(H,29,30)/t14-,16-/m0/s1. The predicted octanol–water partition coefficient (Wildman–Crippen LogP) is 4.65. The van der Waals surface area contributed by atoms with Gasteiger partial charge in [-0.25, -0.2) is 14.4 Å². The van der Waals surface area contributed by atoms with Gasteiger partial charge < -0.3 is 5.32 Å². The molecule has 1 fully saturated rings. The molecule has 3 heterocycles. The summed E-state index contributed by atoms with van der Waals surface area (Å²) in [6.45, 7) is 7.18. The Morgan fingerprint density at radius 1 is 1.20 bits per heavy atom. The second kappa shape index (κ2) is 8.82.